The molecule has 0 unspecified atom stereocenters. The predicted molar refractivity (Wildman–Crippen MR) is 88.6 cm³/mol. The van der Waals surface area contributed by atoms with E-state index in [4.69, 9.17) is 9.47 Å². The Morgan fingerprint density at radius 3 is 1.71 bits per heavy atom. The number of amides is 4. The van der Waals surface area contributed by atoms with Gasteiger partial charge in [0.2, 0.25) is 0 Å². The van der Waals surface area contributed by atoms with Crippen LogP contribution in [0.5, 0.6) is 0 Å². The summed E-state index contributed by atoms with van der Waals surface area (Å²) in [4.78, 5) is 23.4. The van der Waals surface area contributed by atoms with Crippen LogP contribution < -0.4 is 21.3 Å². The molecule has 0 fully saturated rings. The zero-order valence-corrected chi connectivity index (χ0v) is 13.6. The van der Waals surface area contributed by atoms with E-state index in [1.807, 2.05) is 24.3 Å². The molecular weight excluding hydrogens is 312 g/mol. The second-order valence-corrected chi connectivity index (χ2v) is 5.26. The fourth-order valence-electron chi connectivity index (χ4n) is 2.13. The lowest BCUT2D eigenvalue weighted by atomic mass is 10.1. The quantitative estimate of drug-likeness (QED) is 0.548. The van der Waals surface area contributed by atoms with Crippen LogP contribution in [0.25, 0.3) is 0 Å². The molecule has 1 heterocycles. The monoisotopic (exact) mass is 336 g/mol. The molecule has 24 heavy (non-hydrogen) atoms. The first kappa shape index (κ1) is 18.0. The summed E-state index contributed by atoms with van der Waals surface area (Å²) in [6, 6.07) is 7.21. The molecule has 0 saturated carbocycles. The van der Waals surface area contributed by atoms with Crippen molar-refractivity contribution in [1.29, 1.82) is 0 Å². The van der Waals surface area contributed by atoms with Crippen molar-refractivity contribution in [1.82, 2.24) is 21.3 Å². The van der Waals surface area contributed by atoms with E-state index >= 15 is 0 Å². The Balaban J connectivity index is 1.89. The highest BCUT2D eigenvalue weighted by atomic mass is 16.5. The van der Waals surface area contributed by atoms with Gasteiger partial charge in [0.1, 0.15) is 0 Å². The Hall–Kier alpha value is -2.32. The van der Waals surface area contributed by atoms with Gasteiger partial charge in [0, 0.05) is 26.2 Å². The van der Waals surface area contributed by atoms with Gasteiger partial charge < -0.3 is 30.7 Å². The third-order valence-corrected chi connectivity index (χ3v) is 3.33. The summed E-state index contributed by atoms with van der Waals surface area (Å²) in [5.74, 6) is 0. The lowest BCUT2D eigenvalue weighted by molar-refractivity contribution is 0.0510. The maximum absolute atomic E-state index is 11.7. The standard InChI is InChI=1S/C16H24N4O4/c21-15-17-4-6-23-8-9-24-7-5-18-16(22)20-12-14-3-1-2-13(10-14)11-19-15/h1-3,10H,4-9,11-12H2,(H2,17,19,21)(H2,18,20,22). The first-order chi connectivity index (χ1) is 11.7. The van der Waals surface area contributed by atoms with Gasteiger partial charge in [-0.05, 0) is 11.1 Å². The third kappa shape index (κ3) is 7.30. The highest BCUT2D eigenvalue weighted by molar-refractivity contribution is 5.74. The van der Waals surface area contributed by atoms with Gasteiger partial charge in [0.05, 0.1) is 26.4 Å². The number of nitrogens with one attached hydrogen (secondary N) is 4. The Labute approximate surface area is 141 Å². The summed E-state index contributed by atoms with van der Waals surface area (Å²) < 4.78 is 10.7. The molecule has 132 valence electrons. The minimum absolute atomic E-state index is 0.240. The highest BCUT2D eigenvalue weighted by Crippen LogP contribution is 2.05. The fourth-order valence-corrected chi connectivity index (χ4v) is 2.13. The van der Waals surface area contributed by atoms with E-state index in [0.717, 1.165) is 11.1 Å². The molecule has 2 bridgehead atoms. The lowest BCUT2D eigenvalue weighted by Gasteiger charge is -2.10. The van der Waals surface area contributed by atoms with E-state index in [1.165, 1.54) is 0 Å². The molecule has 0 aliphatic carbocycles. The molecule has 0 radical (unpaired) electrons. The van der Waals surface area contributed by atoms with Crippen molar-refractivity contribution < 1.29 is 19.1 Å². The van der Waals surface area contributed by atoms with Gasteiger partial charge in [-0.1, -0.05) is 24.3 Å². The van der Waals surface area contributed by atoms with Crippen LogP contribution in [-0.2, 0) is 22.6 Å². The van der Waals surface area contributed by atoms with Crippen LogP contribution >= 0.6 is 0 Å². The number of ether oxygens (including phenoxy) is 2. The Morgan fingerprint density at radius 1 is 0.708 bits per heavy atom. The first-order valence-electron chi connectivity index (χ1n) is 8.01. The molecule has 0 spiro atoms. The fraction of sp³-hybridized carbons (Fsp3) is 0.500. The molecule has 8 nitrogen and oxygen atoms in total. The number of fused-ring (bicyclic) bond motifs is 2. The minimum Gasteiger partial charge on any atom is -0.377 e. The van der Waals surface area contributed by atoms with Crippen LogP contribution in [0, 0.1) is 0 Å². The van der Waals surface area contributed by atoms with Crippen molar-refractivity contribution in [3.8, 4) is 0 Å². The van der Waals surface area contributed by atoms with Crippen molar-refractivity contribution in [3.05, 3.63) is 35.4 Å². The summed E-state index contributed by atoms with van der Waals surface area (Å²) >= 11 is 0. The molecule has 1 aromatic rings. The summed E-state index contributed by atoms with van der Waals surface area (Å²) in [5.41, 5.74) is 1.93. The summed E-state index contributed by atoms with van der Waals surface area (Å²) in [7, 11) is 0. The van der Waals surface area contributed by atoms with Crippen LogP contribution in [-0.4, -0.2) is 51.6 Å². The number of carbonyl (C=O) groups is 2. The van der Waals surface area contributed by atoms with Gasteiger partial charge in [0.15, 0.2) is 0 Å². The van der Waals surface area contributed by atoms with E-state index in [9.17, 15) is 9.59 Å². The zero-order valence-electron chi connectivity index (χ0n) is 13.6. The molecular formula is C16H24N4O4. The van der Waals surface area contributed by atoms with Crippen LogP contribution in [0.2, 0.25) is 0 Å². The second kappa shape index (κ2) is 10.5. The highest BCUT2D eigenvalue weighted by Gasteiger charge is 2.03. The van der Waals surface area contributed by atoms with E-state index < -0.39 is 0 Å². The van der Waals surface area contributed by atoms with Crippen LogP contribution in [0.15, 0.2) is 24.3 Å². The van der Waals surface area contributed by atoms with Gasteiger partial charge in [-0.3, -0.25) is 0 Å². The molecule has 4 N–H and O–H groups in total. The normalized spacial score (nSPS) is 18.7. The molecule has 2 rings (SSSR count). The Morgan fingerprint density at radius 2 is 1.21 bits per heavy atom. The smallest absolute Gasteiger partial charge is 0.315 e. The molecule has 1 aliphatic rings. The molecule has 4 amide bonds. The van der Waals surface area contributed by atoms with Crippen LogP contribution in [0.4, 0.5) is 9.59 Å². The molecule has 0 saturated heterocycles. The molecule has 8 heteroatoms. The number of hydrogen-bond donors (Lipinski definition) is 4. The molecule has 1 aromatic carbocycles. The van der Waals surface area contributed by atoms with Gasteiger partial charge in [-0.25, -0.2) is 9.59 Å². The summed E-state index contributed by atoms with van der Waals surface area (Å²) in [5, 5.41) is 11.0. The zero-order chi connectivity index (χ0) is 17.0. The first-order valence-corrected chi connectivity index (χ1v) is 8.01. The van der Waals surface area contributed by atoms with Gasteiger partial charge in [0.25, 0.3) is 0 Å². The average molecular weight is 336 g/mol. The SMILES string of the molecule is O=C1NCCOCCOCCNC(=O)NCc2cccc(c2)CN1. The van der Waals surface area contributed by atoms with E-state index in [2.05, 4.69) is 21.3 Å². The van der Waals surface area contributed by atoms with Crippen molar-refractivity contribution in [2.24, 2.45) is 0 Å². The van der Waals surface area contributed by atoms with Crippen molar-refractivity contribution in [3.63, 3.8) is 0 Å². The van der Waals surface area contributed by atoms with E-state index in [-0.39, 0.29) is 12.1 Å². The lowest BCUT2D eigenvalue weighted by Crippen LogP contribution is -2.37. The average Bonchev–Trinajstić information content (AvgIpc) is 2.59. The van der Waals surface area contributed by atoms with Gasteiger partial charge in [-0.15, -0.1) is 0 Å². The van der Waals surface area contributed by atoms with E-state index in [0.29, 0.717) is 52.6 Å². The largest absolute Gasteiger partial charge is 0.377 e. The van der Waals surface area contributed by atoms with E-state index in [1.54, 1.807) is 0 Å². The number of hydrogen-bond acceptors (Lipinski definition) is 4. The topological polar surface area (TPSA) is 101 Å². The maximum atomic E-state index is 11.7. The molecule has 0 atom stereocenters. The third-order valence-electron chi connectivity index (χ3n) is 3.33. The van der Waals surface area contributed by atoms with Crippen LogP contribution in [0.1, 0.15) is 11.1 Å². The Bertz CT molecular complexity index is 495. The van der Waals surface area contributed by atoms with Crippen molar-refractivity contribution >= 4 is 12.1 Å². The summed E-state index contributed by atoms with van der Waals surface area (Å²) in [6.07, 6.45) is 0. The minimum atomic E-state index is -0.240. The van der Waals surface area contributed by atoms with Gasteiger partial charge in [-0.2, -0.15) is 0 Å². The molecule has 0 aromatic heterocycles. The maximum Gasteiger partial charge on any atom is 0.315 e. The number of carbonyl (C=O) groups excluding carboxylic acids is 2. The van der Waals surface area contributed by atoms with Crippen molar-refractivity contribution in [2.45, 2.75) is 13.1 Å². The second-order valence-electron chi connectivity index (χ2n) is 5.26. The van der Waals surface area contributed by atoms with Gasteiger partial charge >= 0.3 is 12.1 Å². The number of benzene rings is 1. The Kier molecular flexibility index (Phi) is 7.85. The number of rotatable bonds is 0. The van der Waals surface area contributed by atoms with Crippen molar-refractivity contribution in [2.75, 3.05) is 39.5 Å². The molecule has 1 aliphatic heterocycles. The van der Waals surface area contributed by atoms with Crippen LogP contribution in [0.3, 0.4) is 0 Å². The summed E-state index contributed by atoms with van der Waals surface area (Å²) in [6.45, 7) is 3.45. The number of urea groups is 2. The predicted octanol–water partition coefficient (Wildman–Crippen LogP) is 0.332.